The van der Waals surface area contributed by atoms with Gasteiger partial charge in [0, 0.05) is 31.8 Å². The van der Waals surface area contributed by atoms with E-state index in [0.29, 0.717) is 9.90 Å². The van der Waals surface area contributed by atoms with Crippen LogP contribution in [0.25, 0.3) is 0 Å². The van der Waals surface area contributed by atoms with Crippen molar-refractivity contribution in [3.05, 3.63) is 33.6 Å². The molecule has 0 atom stereocenters. The zero-order chi connectivity index (χ0) is 9.84. The molecule has 2 nitrogen and oxygen atoms in total. The largest absolute Gasteiger partial charge is 0.383 e. The fourth-order valence-electron chi connectivity index (χ4n) is 0.741. The topological polar surface area (TPSA) is 20.3 Å². The van der Waals surface area contributed by atoms with Gasteiger partial charge >= 0.3 is 0 Å². The van der Waals surface area contributed by atoms with Gasteiger partial charge in [-0.25, -0.2) is 0 Å². The Balaban J connectivity index is 2.69. The molecule has 70 valence electrons. The lowest BCUT2D eigenvalue weighted by Gasteiger charge is -2.01. The van der Waals surface area contributed by atoms with Gasteiger partial charge in [0.25, 0.3) is 0 Å². The maximum atomic E-state index is 11.4. The van der Waals surface area contributed by atoms with E-state index < -0.39 is 0 Å². The number of allylic oxidation sites excluding steroid dienone is 1. The maximum absolute atomic E-state index is 11.4. The van der Waals surface area contributed by atoms with Crippen molar-refractivity contribution in [1.82, 2.24) is 4.90 Å². The highest BCUT2D eigenvalue weighted by atomic mass is 35.5. The van der Waals surface area contributed by atoms with Gasteiger partial charge in [-0.2, -0.15) is 0 Å². The van der Waals surface area contributed by atoms with E-state index in [-0.39, 0.29) is 5.78 Å². The average molecular weight is 216 g/mol. The fourth-order valence-corrected chi connectivity index (χ4v) is 1.74. The van der Waals surface area contributed by atoms with Crippen molar-refractivity contribution >= 4 is 28.7 Å². The van der Waals surface area contributed by atoms with Gasteiger partial charge in [0.1, 0.15) is 0 Å². The molecular weight excluding hydrogens is 206 g/mol. The van der Waals surface area contributed by atoms with Gasteiger partial charge in [-0.3, -0.25) is 4.79 Å². The second-order valence-corrected chi connectivity index (χ2v) is 4.12. The highest BCUT2D eigenvalue weighted by Gasteiger charge is 2.04. The van der Waals surface area contributed by atoms with Crippen LogP contribution in [0.1, 0.15) is 9.67 Å². The minimum atomic E-state index is -0.00870. The maximum Gasteiger partial charge on any atom is 0.197 e. The highest BCUT2D eigenvalue weighted by Crippen LogP contribution is 2.19. The summed E-state index contributed by atoms with van der Waals surface area (Å²) in [5, 5.41) is 2.37. The van der Waals surface area contributed by atoms with E-state index >= 15 is 0 Å². The van der Waals surface area contributed by atoms with Gasteiger partial charge in [0.05, 0.1) is 9.90 Å². The van der Waals surface area contributed by atoms with Crippen molar-refractivity contribution in [2.75, 3.05) is 14.1 Å². The molecule has 0 N–H and O–H groups in total. The number of halogens is 1. The van der Waals surface area contributed by atoms with E-state index in [0.717, 1.165) is 0 Å². The Morgan fingerprint density at radius 3 is 2.77 bits per heavy atom. The Labute approximate surface area is 86.4 Å². The van der Waals surface area contributed by atoms with E-state index in [1.165, 1.54) is 17.4 Å². The molecule has 1 heterocycles. The van der Waals surface area contributed by atoms with Gasteiger partial charge in [-0.1, -0.05) is 11.6 Å². The number of rotatable bonds is 3. The quantitative estimate of drug-likeness (QED) is 0.571. The van der Waals surface area contributed by atoms with Crippen LogP contribution in [0.3, 0.4) is 0 Å². The third-order valence-corrected chi connectivity index (χ3v) is 2.63. The summed E-state index contributed by atoms with van der Waals surface area (Å²) in [7, 11) is 3.73. The monoisotopic (exact) mass is 215 g/mol. The van der Waals surface area contributed by atoms with Crippen LogP contribution in [0, 0.1) is 0 Å². The molecule has 0 fully saturated rings. The number of nitrogens with zero attached hydrogens (tertiary/aromatic N) is 1. The molecule has 0 aromatic carbocycles. The molecule has 4 heteroatoms. The Morgan fingerprint density at radius 1 is 1.62 bits per heavy atom. The first-order chi connectivity index (χ1) is 6.09. The summed E-state index contributed by atoms with van der Waals surface area (Å²) in [4.78, 5) is 13.9. The number of thiophene rings is 1. The van der Waals surface area contributed by atoms with E-state index in [2.05, 4.69) is 0 Å². The van der Waals surface area contributed by atoms with E-state index in [1.54, 1.807) is 17.6 Å². The highest BCUT2D eigenvalue weighted by molar-refractivity contribution is 7.12. The van der Waals surface area contributed by atoms with Crippen LogP contribution in [-0.2, 0) is 0 Å². The molecule has 0 aliphatic carbocycles. The molecule has 0 spiro atoms. The number of hydrogen-bond acceptors (Lipinski definition) is 3. The molecule has 0 aliphatic rings. The standard InChI is InChI=1S/C9H10ClNOS/c1-11(2)4-3-8(12)9-5-7(10)6-13-9/h3-6H,1-2H3/b4-3+. The third kappa shape index (κ3) is 3.20. The average Bonchev–Trinajstić information content (AvgIpc) is 2.47. The molecule has 1 aromatic rings. The van der Waals surface area contributed by atoms with Gasteiger partial charge in [-0.15, -0.1) is 11.3 Å². The minimum absolute atomic E-state index is 0.00870. The van der Waals surface area contributed by atoms with Crippen molar-refractivity contribution in [3.63, 3.8) is 0 Å². The molecule has 1 aromatic heterocycles. The predicted molar refractivity (Wildman–Crippen MR) is 56.5 cm³/mol. The summed E-state index contributed by atoms with van der Waals surface area (Å²) < 4.78 is 0. The zero-order valence-electron chi connectivity index (χ0n) is 7.45. The van der Waals surface area contributed by atoms with E-state index in [4.69, 9.17) is 11.6 Å². The Kier molecular flexibility index (Phi) is 3.51. The molecule has 1 rings (SSSR count). The van der Waals surface area contributed by atoms with E-state index in [1.807, 2.05) is 19.0 Å². The van der Waals surface area contributed by atoms with Crippen molar-refractivity contribution in [2.24, 2.45) is 0 Å². The predicted octanol–water partition coefficient (Wildman–Crippen LogP) is 2.66. The lowest BCUT2D eigenvalue weighted by atomic mass is 10.3. The summed E-state index contributed by atoms with van der Waals surface area (Å²) in [5.74, 6) is -0.00870. The van der Waals surface area contributed by atoms with Gasteiger partial charge < -0.3 is 4.90 Å². The van der Waals surface area contributed by atoms with Gasteiger partial charge in [0.15, 0.2) is 5.78 Å². The summed E-state index contributed by atoms with van der Waals surface area (Å²) >= 11 is 7.05. The first-order valence-corrected chi connectivity index (χ1v) is 4.98. The van der Waals surface area contributed by atoms with E-state index in [9.17, 15) is 4.79 Å². The van der Waals surface area contributed by atoms with Crippen LogP contribution < -0.4 is 0 Å². The van der Waals surface area contributed by atoms with Crippen molar-refractivity contribution in [3.8, 4) is 0 Å². The molecule has 0 aliphatic heterocycles. The first-order valence-electron chi connectivity index (χ1n) is 3.72. The number of carbonyl (C=O) groups excluding carboxylic acids is 1. The van der Waals surface area contributed by atoms with Crippen LogP contribution >= 0.6 is 22.9 Å². The normalized spacial score (nSPS) is 10.7. The Hall–Kier alpha value is -0.800. The molecule has 0 radical (unpaired) electrons. The second-order valence-electron chi connectivity index (χ2n) is 2.77. The zero-order valence-corrected chi connectivity index (χ0v) is 9.02. The molecular formula is C9H10ClNOS. The third-order valence-electron chi connectivity index (χ3n) is 1.33. The van der Waals surface area contributed by atoms with Crippen molar-refractivity contribution in [2.45, 2.75) is 0 Å². The van der Waals surface area contributed by atoms with Crippen molar-refractivity contribution < 1.29 is 4.79 Å². The molecule has 0 amide bonds. The number of hydrogen-bond donors (Lipinski definition) is 0. The van der Waals surface area contributed by atoms with Crippen LogP contribution in [0.5, 0.6) is 0 Å². The van der Waals surface area contributed by atoms with Crippen LogP contribution in [0.15, 0.2) is 23.7 Å². The van der Waals surface area contributed by atoms with Crippen molar-refractivity contribution in [1.29, 1.82) is 0 Å². The van der Waals surface area contributed by atoms with Gasteiger partial charge in [0.2, 0.25) is 0 Å². The summed E-state index contributed by atoms with van der Waals surface area (Å²) in [5.41, 5.74) is 0. The number of carbonyl (C=O) groups is 1. The summed E-state index contributed by atoms with van der Waals surface area (Å²) in [6.45, 7) is 0. The molecule has 13 heavy (non-hydrogen) atoms. The van der Waals surface area contributed by atoms with Crippen LogP contribution in [0.4, 0.5) is 0 Å². The molecule has 0 unspecified atom stereocenters. The minimum Gasteiger partial charge on any atom is -0.383 e. The Morgan fingerprint density at radius 2 is 2.31 bits per heavy atom. The fraction of sp³-hybridized carbons (Fsp3) is 0.222. The Bertz CT molecular complexity index is 330. The summed E-state index contributed by atoms with van der Waals surface area (Å²) in [6.07, 6.45) is 3.25. The lowest BCUT2D eigenvalue weighted by Crippen LogP contribution is -2.02. The lowest BCUT2D eigenvalue weighted by molar-refractivity contribution is 0.104. The molecule has 0 bridgehead atoms. The van der Waals surface area contributed by atoms with Gasteiger partial charge in [-0.05, 0) is 6.07 Å². The second kappa shape index (κ2) is 4.44. The smallest absolute Gasteiger partial charge is 0.197 e. The SMILES string of the molecule is CN(C)/C=C/C(=O)c1cc(Cl)cs1. The summed E-state index contributed by atoms with van der Waals surface area (Å²) in [6, 6.07) is 1.68. The van der Waals surface area contributed by atoms with Crippen LogP contribution in [-0.4, -0.2) is 24.8 Å². The first kappa shape index (κ1) is 10.3. The molecule has 0 saturated carbocycles. The molecule has 0 saturated heterocycles. The number of ketones is 1. The van der Waals surface area contributed by atoms with Crippen LogP contribution in [0.2, 0.25) is 5.02 Å².